The van der Waals surface area contributed by atoms with Gasteiger partial charge in [-0.05, 0) is 41.5 Å². The van der Waals surface area contributed by atoms with Crippen LogP contribution in [0, 0.1) is 10.8 Å². The van der Waals surface area contributed by atoms with Gasteiger partial charge >= 0.3 is 11.9 Å². The Labute approximate surface area is 177 Å². The molecule has 1 N–H and O–H groups in total. The van der Waals surface area contributed by atoms with Crippen LogP contribution in [0.5, 0.6) is 0 Å². The van der Waals surface area contributed by atoms with Crippen molar-refractivity contribution in [1.29, 1.82) is 0 Å². The fourth-order valence-corrected chi connectivity index (χ4v) is 2.41. The maximum Gasteiger partial charge on any atom is 0.312 e. The summed E-state index contributed by atoms with van der Waals surface area (Å²) in [6, 6.07) is -1.07. The second kappa shape index (κ2) is 10.2. The Bertz CT molecular complexity index is 673. The van der Waals surface area contributed by atoms with Crippen LogP contribution < -0.4 is 5.32 Å². The summed E-state index contributed by atoms with van der Waals surface area (Å²) in [6.07, 6.45) is -2.26. The van der Waals surface area contributed by atoms with Crippen LogP contribution in [0.15, 0.2) is 12.7 Å². The zero-order chi connectivity index (χ0) is 23.3. The van der Waals surface area contributed by atoms with E-state index in [1.165, 1.54) is 13.0 Å². The van der Waals surface area contributed by atoms with Crippen molar-refractivity contribution in [2.75, 3.05) is 13.2 Å². The number of rotatable bonds is 7. The molecular formula is C21H33NO8. The molecule has 1 aliphatic heterocycles. The third-order valence-corrected chi connectivity index (χ3v) is 4.09. The van der Waals surface area contributed by atoms with Gasteiger partial charge < -0.3 is 24.3 Å². The molecule has 1 amide bonds. The van der Waals surface area contributed by atoms with Gasteiger partial charge in [0.15, 0.2) is 18.5 Å². The molecule has 1 fully saturated rings. The zero-order valence-electron chi connectivity index (χ0n) is 18.8. The summed E-state index contributed by atoms with van der Waals surface area (Å²) in [5.41, 5.74) is -1.65. The third kappa shape index (κ3) is 7.21. The molecule has 1 saturated heterocycles. The lowest BCUT2D eigenvalue weighted by molar-refractivity contribution is -0.232. The standard InChI is InChI=1S/C21H33NO8/c1-9-10-27-17-14(22-12(2)23)16(30-19(26)21(6,7)8)15(24)13(29-17)11-28-18(25)20(3,4)5/h9,13-14,16-17H,1,10-11H2,2-8H3,(H,22,23)/t13-,14-,16-,17+/m1/s1. The van der Waals surface area contributed by atoms with Gasteiger partial charge in [0, 0.05) is 6.92 Å². The maximum atomic E-state index is 13.0. The van der Waals surface area contributed by atoms with Gasteiger partial charge in [-0.25, -0.2) is 0 Å². The molecule has 1 aliphatic rings. The van der Waals surface area contributed by atoms with Crippen molar-refractivity contribution in [1.82, 2.24) is 5.32 Å². The molecule has 0 radical (unpaired) electrons. The van der Waals surface area contributed by atoms with Crippen LogP contribution in [0.4, 0.5) is 0 Å². The second-order valence-corrected chi connectivity index (χ2v) is 9.17. The van der Waals surface area contributed by atoms with Crippen molar-refractivity contribution >= 4 is 23.6 Å². The van der Waals surface area contributed by atoms with Gasteiger partial charge in [-0.3, -0.25) is 19.2 Å². The Balaban J connectivity index is 3.17. The van der Waals surface area contributed by atoms with Crippen LogP contribution in [0.2, 0.25) is 0 Å². The van der Waals surface area contributed by atoms with Gasteiger partial charge in [-0.15, -0.1) is 6.58 Å². The van der Waals surface area contributed by atoms with Crippen LogP contribution >= 0.6 is 0 Å². The summed E-state index contributed by atoms with van der Waals surface area (Å²) in [5, 5.41) is 2.56. The van der Waals surface area contributed by atoms with Crippen molar-refractivity contribution in [3.05, 3.63) is 12.7 Å². The van der Waals surface area contributed by atoms with E-state index in [0.29, 0.717) is 0 Å². The van der Waals surface area contributed by atoms with Gasteiger partial charge in [0.25, 0.3) is 0 Å². The molecule has 170 valence electrons. The summed E-state index contributed by atoms with van der Waals surface area (Å²) >= 11 is 0. The van der Waals surface area contributed by atoms with E-state index in [4.69, 9.17) is 18.9 Å². The van der Waals surface area contributed by atoms with E-state index < -0.39 is 59.0 Å². The molecular weight excluding hydrogens is 394 g/mol. The molecule has 0 spiro atoms. The summed E-state index contributed by atoms with van der Waals surface area (Å²) < 4.78 is 21.9. The van der Waals surface area contributed by atoms with E-state index in [1.807, 2.05) is 0 Å². The lowest BCUT2D eigenvalue weighted by Crippen LogP contribution is -2.64. The normalized spacial score (nSPS) is 24.7. The summed E-state index contributed by atoms with van der Waals surface area (Å²) in [7, 11) is 0. The maximum absolute atomic E-state index is 13.0. The van der Waals surface area contributed by atoms with Crippen molar-refractivity contribution in [3.8, 4) is 0 Å². The van der Waals surface area contributed by atoms with Crippen molar-refractivity contribution < 1.29 is 38.1 Å². The molecule has 1 rings (SSSR count). The smallest absolute Gasteiger partial charge is 0.312 e. The molecule has 9 heteroatoms. The number of esters is 2. The number of carbonyl (C=O) groups excluding carboxylic acids is 4. The molecule has 9 nitrogen and oxygen atoms in total. The Morgan fingerprint density at radius 1 is 1.10 bits per heavy atom. The number of hydrogen-bond acceptors (Lipinski definition) is 8. The summed E-state index contributed by atoms with van der Waals surface area (Å²) in [6.45, 7) is 14.5. The first kappa shape index (κ1) is 25.8. The van der Waals surface area contributed by atoms with Crippen LogP contribution in [0.1, 0.15) is 48.5 Å². The number of amides is 1. The van der Waals surface area contributed by atoms with E-state index >= 15 is 0 Å². The van der Waals surface area contributed by atoms with Crippen LogP contribution in [0.3, 0.4) is 0 Å². The van der Waals surface area contributed by atoms with Gasteiger partial charge in [0.1, 0.15) is 12.6 Å². The topological polar surface area (TPSA) is 117 Å². The number of hydrogen-bond donors (Lipinski definition) is 1. The Hall–Kier alpha value is -2.26. The molecule has 0 aromatic heterocycles. The zero-order valence-corrected chi connectivity index (χ0v) is 18.8. The first-order valence-electron chi connectivity index (χ1n) is 9.75. The number of Topliss-reactive ketones (excluding diaryl/α,β-unsaturated/α-hetero) is 1. The first-order valence-corrected chi connectivity index (χ1v) is 9.75. The number of nitrogens with one attached hydrogen (secondary N) is 1. The SMILES string of the molecule is C=CCO[C@H]1O[C@H](COC(=O)C(C)(C)C)C(=O)[C@H](OC(=O)C(C)(C)C)[C@H]1NC(C)=O. The monoisotopic (exact) mass is 427 g/mol. The minimum absolute atomic E-state index is 0.0589. The Kier molecular flexibility index (Phi) is 8.74. The Morgan fingerprint density at radius 3 is 2.13 bits per heavy atom. The predicted molar refractivity (Wildman–Crippen MR) is 107 cm³/mol. The highest BCUT2D eigenvalue weighted by molar-refractivity contribution is 5.92. The van der Waals surface area contributed by atoms with E-state index in [2.05, 4.69) is 11.9 Å². The fraction of sp³-hybridized carbons (Fsp3) is 0.714. The van der Waals surface area contributed by atoms with Crippen molar-refractivity contribution in [3.63, 3.8) is 0 Å². The van der Waals surface area contributed by atoms with Crippen molar-refractivity contribution in [2.24, 2.45) is 10.8 Å². The van der Waals surface area contributed by atoms with E-state index in [0.717, 1.165) is 0 Å². The van der Waals surface area contributed by atoms with E-state index in [1.54, 1.807) is 41.5 Å². The molecule has 4 atom stereocenters. The number of carbonyl (C=O) groups is 4. The third-order valence-electron chi connectivity index (χ3n) is 4.09. The van der Waals surface area contributed by atoms with Crippen LogP contribution in [-0.4, -0.2) is 61.4 Å². The average Bonchev–Trinajstić information content (AvgIpc) is 2.60. The highest BCUT2D eigenvalue weighted by Gasteiger charge is 2.49. The highest BCUT2D eigenvalue weighted by Crippen LogP contribution is 2.26. The molecule has 0 unspecified atom stereocenters. The van der Waals surface area contributed by atoms with E-state index in [-0.39, 0.29) is 13.2 Å². The first-order chi connectivity index (χ1) is 13.7. The van der Waals surface area contributed by atoms with Crippen LogP contribution in [0.25, 0.3) is 0 Å². The minimum atomic E-state index is -1.37. The molecule has 0 bridgehead atoms. The molecule has 0 saturated carbocycles. The molecule has 0 aliphatic carbocycles. The molecule has 0 aromatic carbocycles. The van der Waals surface area contributed by atoms with E-state index in [9.17, 15) is 19.2 Å². The molecule has 30 heavy (non-hydrogen) atoms. The quantitative estimate of drug-likeness (QED) is 0.480. The number of ketones is 1. The van der Waals surface area contributed by atoms with Gasteiger partial charge in [0.2, 0.25) is 11.7 Å². The summed E-state index contributed by atoms with van der Waals surface area (Å²) in [4.78, 5) is 49.3. The highest BCUT2D eigenvalue weighted by atomic mass is 16.7. The number of ether oxygens (including phenoxy) is 4. The largest absolute Gasteiger partial charge is 0.462 e. The van der Waals surface area contributed by atoms with Gasteiger partial charge in [-0.2, -0.15) is 0 Å². The van der Waals surface area contributed by atoms with Crippen LogP contribution in [-0.2, 0) is 38.1 Å². The predicted octanol–water partition coefficient (Wildman–Crippen LogP) is 1.53. The summed E-state index contributed by atoms with van der Waals surface area (Å²) in [5.74, 6) is -2.25. The van der Waals surface area contributed by atoms with Gasteiger partial charge in [0.05, 0.1) is 17.4 Å². The molecule has 1 heterocycles. The van der Waals surface area contributed by atoms with Crippen molar-refractivity contribution in [2.45, 2.75) is 73.0 Å². The minimum Gasteiger partial charge on any atom is -0.462 e. The van der Waals surface area contributed by atoms with Gasteiger partial charge in [-0.1, -0.05) is 6.08 Å². The second-order valence-electron chi connectivity index (χ2n) is 9.17. The lowest BCUT2D eigenvalue weighted by atomic mass is 9.94. The Morgan fingerprint density at radius 2 is 1.67 bits per heavy atom. The lowest BCUT2D eigenvalue weighted by Gasteiger charge is -2.40. The average molecular weight is 427 g/mol. The fourth-order valence-electron chi connectivity index (χ4n) is 2.41. The molecule has 0 aromatic rings.